The number of guanidine groups is 1. The van der Waals surface area contributed by atoms with Crippen molar-refractivity contribution in [2.24, 2.45) is 4.99 Å². The first-order chi connectivity index (χ1) is 13.1. The fraction of sp³-hybridized carbons (Fsp3) is 0.300. The maximum Gasteiger partial charge on any atom is 0.226 e. The van der Waals surface area contributed by atoms with Gasteiger partial charge in [-0.3, -0.25) is 9.79 Å². The Labute approximate surface area is 191 Å². The summed E-state index contributed by atoms with van der Waals surface area (Å²) in [5, 5.41) is 18.8. The first-order valence-corrected chi connectivity index (χ1v) is 9.57. The van der Waals surface area contributed by atoms with Crippen molar-refractivity contribution in [3.63, 3.8) is 0 Å². The standard InChI is InChI=1S/C20H25BrN4O2.HI/c1-22-20(24-13-16(14-26)15-5-3-2-4-6-15)23-12-11-19(27)25-18-9-7-17(21)8-10-18;/h2-10,16,26H,11-14H2,1H3,(H,25,27)(H2,22,23,24);1H. The quantitative estimate of drug-likeness (QED) is 0.227. The van der Waals surface area contributed by atoms with Crippen LogP contribution in [0.1, 0.15) is 17.9 Å². The normalized spacial score (nSPS) is 11.9. The Hall–Kier alpha value is -1.65. The molecule has 0 spiro atoms. The summed E-state index contributed by atoms with van der Waals surface area (Å²) in [7, 11) is 1.67. The average Bonchev–Trinajstić information content (AvgIpc) is 2.69. The van der Waals surface area contributed by atoms with Crippen LogP contribution < -0.4 is 16.0 Å². The fourth-order valence-electron chi connectivity index (χ4n) is 2.50. The number of halogens is 2. The number of aliphatic imine (C=N–C) groups is 1. The van der Waals surface area contributed by atoms with Crippen molar-refractivity contribution in [3.8, 4) is 0 Å². The molecule has 0 radical (unpaired) electrons. The van der Waals surface area contributed by atoms with Crippen LogP contribution in [-0.2, 0) is 4.79 Å². The van der Waals surface area contributed by atoms with E-state index in [2.05, 4.69) is 36.9 Å². The van der Waals surface area contributed by atoms with Gasteiger partial charge in [-0.05, 0) is 29.8 Å². The van der Waals surface area contributed by atoms with Gasteiger partial charge in [0.25, 0.3) is 0 Å². The third-order valence-corrected chi connectivity index (χ3v) is 4.53. The highest BCUT2D eigenvalue weighted by atomic mass is 127. The Kier molecular flexibility index (Phi) is 11.8. The van der Waals surface area contributed by atoms with Crippen molar-refractivity contribution >= 4 is 57.5 Å². The molecule has 0 bridgehead atoms. The van der Waals surface area contributed by atoms with E-state index in [1.54, 1.807) is 7.05 Å². The van der Waals surface area contributed by atoms with E-state index in [0.29, 0.717) is 25.5 Å². The van der Waals surface area contributed by atoms with Crippen molar-refractivity contribution in [3.05, 3.63) is 64.6 Å². The van der Waals surface area contributed by atoms with Crippen LogP contribution in [0.25, 0.3) is 0 Å². The van der Waals surface area contributed by atoms with Gasteiger partial charge in [-0.15, -0.1) is 24.0 Å². The van der Waals surface area contributed by atoms with Crippen LogP contribution in [0, 0.1) is 0 Å². The zero-order valence-corrected chi connectivity index (χ0v) is 19.6. The maximum atomic E-state index is 12.0. The van der Waals surface area contributed by atoms with Gasteiger partial charge in [0.1, 0.15) is 0 Å². The summed E-state index contributed by atoms with van der Waals surface area (Å²) in [6.45, 7) is 1.05. The molecule has 2 aromatic carbocycles. The van der Waals surface area contributed by atoms with Crippen LogP contribution in [0.5, 0.6) is 0 Å². The number of amides is 1. The van der Waals surface area contributed by atoms with Crippen LogP contribution in [0.2, 0.25) is 0 Å². The summed E-state index contributed by atoms with van der Waals surface area (Å²) in [6.07, 6.45) is 0.318. The molecule has 28 heavy (non-hydrogen) atoms. The van der Waals surface area contributed by atoms with E-state index >= 15 is 0 Å². The summed E-state index contributed by atoms with van der Waals surface area (Å²) >= 11 is 3.36. The predicted octanol–water partition coefficient (Wildman–Crippen LogP) is 3.34. The van der Waals surface area contributed by atoms with Crippen molar-refractivity contribution in [2.75, 3.05) is 32.1 Å². The Bertz CT molecular complexity index is 742. The number of rotatable bonds is 8. The third-order valence-electron chi connectivity index (χ3n) is 4.00. The van der Waals surface area contributed by atoms with Crippen molar-refractivity contribution < 1.29 is 9.90 Å². The van der Waals surface area contributed by atoms with Gasteiger partial charge in [-0.25, -0.2) is 0 Å². The van der Waals surface area contributed by atoms with E-state index in [4.69, 9.17) is 0 Å². The molecule has 0 saturated carbocycles. The lowest BCUT2D eigenvalue weighted by molar-refractivity contribution is -0.116. The number of benzene rings is 2. The zero-order chi connectivity index (χ0) is 19.5. The van der Waals surface area contributed by atoms with Crippen LogP contribution in [-0.4, -0.2) is 43.7 Å². The minimum atomic E-state index is -0.0715. The minimum Gasteiger partial charge on any atom is -0.396 e. The summed E-state index contributed by atoms with van der Waals surface area (Å²) in [5.74, 6) is 0.504. The lowest BCUT2D eigenvalue weighted by atomic mass is 10.0. The van der Waals surface area contributed by atoms with E-state index in [1.807, 2.05) is 54.6 Å². The molecule has 0 aliphatic carbocycles. The number of nitrogens with zero attached hydrogens (tertiary/aromatic N) is 1. The molecule has 8 heteroatoms. The molecule has 152 valence electrons. The fourth-order valence-corrected chi connectivity index (χ4v) is 2.77. The van der Waals surface area contributed by atoms with Gasteiger partial charge in [0, 0.05) is 42.6 Å². The van der Waals surface area contributed by atoms with E-state index in [9.17, 15) is 9.90 Å². The smallest absolute Gasteiger partial charge is 0.226 e. The molecule has 6 nitrogen and oxygen atoms in total. The summed E-state index contributed by atoms with van der Waals surface area (Å²) in [4.78, 5) is 16.2. The molecule has 2 aromatic rings. The van der Waals surface area contributed by atoms with E-state index in [1.165, 1.54) is 0 Å². The topological polar surface area (TPSA) is 85.8 Å². The molecule has 4 N–H and O–H groups in total. The molecule has 0 saturated heterocycles. The van der Waals surface area contributed by atoms with Gasteiger partial charge < -0.3 is 21.1 Å². The van der Waals surface area contributed by atoms with E-state index in [-0.39, 0.29) is 42.4 Å². The monoisotopic (exact) mass is 560 g/mol. The van der Waals surface area contributed by atoms with Gasteiger partial charge in [0.05, 0.1) is 6.61 Å². The van der Waals surface area contributed by atoms with Gasteiger partial charge in [-0.1, -0.05) is 46.3 Å². The Morgan fingerprint density at radius 2 is 1.79 bits per heavy atom. The summed E-state index contributed by atoms with van der Waals surface area (Å²) < 4.78 is 0.966. The predicted molar refractivity (Wildman–Crippen MR) is 128 cm³/mol. The van der Waals surface area contributed by atoms with Gasteiger partial charge in [0.2, 0.25) is 5.91 Å². The molecular weight excluding hydrogens is 535 g/mol. The zero-order valence-electron chi connectivity index (χ0n) is 15.7. The first kappa shape index (κ1) is 24.4. The number of carbonyl (C=O) groups is 1. The maximum absolute atomic E-state index is 12.0. The second-order valence-electron chi connectivity index (χ2n) is 5.98. The molecule has 1 atom stereocenters. The number of hydrogen-bond donors (Lipinski definition) is 4. The number of aliphatic hydroxyl groups excluding tert-OH is 1. The Morgan fingerprint density at radius 3 is 2.39 bits per heavy atom. The second-order valence-corrected chi connectivity index (χ2v) is 6.89. The molecule has 0 heterocycles. The van der Waals surface area contributed by atoms with Gasteiger partial charge >= 0.3 is 0 Å². The average molecular weight is 561 g/mol. The molecule has 0 fully saturated rings. The van der Waals surface area contributed by atoms with Crippen molar-refractivity contribution in [1.29, 1.82) is 0 Å². The number of carbonyl (C=O) groups excluding carboxylic acids is 1. The molecule has 1 amide bonds. The number of anilines is 1. The first-order valence-electron chi connectivity index (χ1n) is 8.78. The number of nitrogens with one attached hydrogen (secondary N) is 3. The van der Waals surface area contributed by atoms with E-state index in [0.717, 1.165) is 15.7 Å². The van der Waals surface area contributed by atoms with Crippen molar-refractivity contribution in [2.45, 2.75) is 12.3 Å². The summed E-state index contributed by atoms with van der Waals surface area (Å²) in [6, 6.07) is 17.3. The highest BCUT2D eigenvalue weighted by Crippen LogP contribution is 2.14. The van der Waals surface area contributed by atoms with Gasteiger partial charge in [0.15, 0.2) is 5.96 Å². The van der Waals surface area contributed by atoms with Crippen LogP contribution >= 0.6 is 39.9 Å². The third kappa shape index (κ3) is 8.57. The van der Waals surface area contributed by atoms with Crippen molar-refractivity contribution in [1.82, 2.24) is 10.6 Å². The molecule has 0 aliphatic rings. The van der Waals surface area contributed by atoms with Gasteiger partial charge in [-0.2, -0.15) is 0 Å². The summed E-state index contributed by atoms with van der Waals surface area (Å²) in [5.41, 5.74) is 1.83. The van der Waals surface area contributed by atoms with E-state index < -0.39 is 0 Å². The Morgan fingerprint density at radius 1 is 1.11 bits per heavy atom. The highest BCUT2D eigenvalue weighted by molar-refractivity contribution is 14.0. The lowest BCUT2D eigenvalue weighted by Gasteiger charge is -2.18. The van der Waals surface area contributed by atoms with Crippen LogP contribution in [0.15, 0.2) is 64.1 Å². The highest BCUT2D eigenvalue weighted by Gasteiger charge is 2.11. The molecular formula is C20H26BrIN4O2. The number of aliphatic hydroxyl groups is 1. The molecule has 0 aliphatic heterocycles. The lowest BCUT2D eigenvalue weighted by Crippen LogP contribution is -2.41. The second kappa shape index (κ2) is 13.5. The largest absolute Gasteiger partial charge is 0.396 e. The molecule has 0 aromatic heterocycles. The van der Waals surface area contributed by atoms with Crippen LogP contribution in [0.4, 0.5) is 5.69 Å². The Balaban J connectivity index is 0.00000392. The molecule has 1 unspecified atom stereocenters. The molecule has 2 rings (SSSR count). The SMILES string of the molecule is CN=C(NCCC(=O)Nc1ccc(Br)cc1)NCC(CO)c1ccccc1.I. The minimum absolute atomic E-state index is 0. The van der Waals surface area contributed by atoms with Crippen LogP contribution in [0.3, 0.4) is 0 Å². The number of hydrogen-bond acceptors (Lipinski definition) is 3.